The molecule has 0 bridgehead atoms. The summed E-state index contributed by atoms with van der Waals surface area (Å²) in [4.78, 5) is 22.2. The predicted molar refractivity (Wildman–Crippen MR) is 80.4 cm³/mol. The Kier molecular flexibility index (Phi) is 8.07. The average Bonchev–Trinajstić information content (AvgIpc) is 2.45. The molecule has 0 saturated heterocycles. The average molecular weight is 283 g/mol. The van der Waals surface area contributed by atoms with Crippen LogP contribution in [0.25, 0.3) is 0 Å². The maximum absolute atomic E-state index is 11.6. The molecule has 1 aliphatic carbocycles. The van der Waals surface area contributed by atoms with Crippen molar-refractivity contribution >= 4 is 11.9 Å². The zero-order valence-electron chi connectivity index (χ0n) is 12.8. The quantitative estimate of drug-likeness (QED) is 0.626. The lowest BCUT2D eigenvalue weighted by Gasteiger charge is -2.27. The molecule has 0 spiro atoms. The van der Waals surface area contributed by atoms with E-state index in [1.165, 1.54) is 39.0 Å². The van der Waals surface area contributed by atoms with Gasteiger partial charge in [-0.2, -0.15) is 0 Å². The molecule has 0 unspecified atom stereocenters. The number of nitrogens with one attached hydrogen (secondary N) is 3. The standard InChI is InChI=1S/C15H29N3O2/c1-3-13-5-7-14(8-6-13)11-18-15(20)17-10-4-9-16-12(2)19/h13-14H,3-11H2,1-2H3,(H,16,19)(H2,17,18,20). The van der Waals surface area contributed by atoms with Crippen LogP contribution in [0.1, 0.15) is 52.4 Å². The van der Waals surface area contributed by atoms with Gasteiger partial charge in [-0.25, -0.2) is 4.79 Å². The second-order valence-electron chi connectivity index (χ2n) is 5.77. The van der Waals surface area contributed by atoms with E-state index in [1.807, 2.05) is 0 Å². The first-order valence-corrected chi connectivity index (χ1v) is 7.88. The van der Waals surface area contributed by atoms with E-state index in [0.717, 1.165) is 18.9 Å². The fraction of sp³-hybridized carbons (Fsp3) is 0.867. The van der Waals surface area contributed by atoms with Gasteiger partial charge in [-0.3, -0.25) is 4.79 Å². The van der Waals surface area contributed by atoms with Crippen molar-refractivity contribution in [2.24, 2.45) is 11.8 Å². The molecule has 1 saturated carbocycles. The van der Waals surface area contributed by atoms with E-state index in [-0.39, 0.29) is 11.9 Å². The van der Waals surface area contributed by atoms with Crippen LogP contribution in [0.3, 0.4) is 0 Å². The molecule has 0 aromatic heterocycles. The molecule has 0 radical (unpaired) electrons. The maximum Gasteiger partial charge on any atom is 0.314 e. The summed E-state index contributed by atoms with van der Waals surface area (Å²) in [6, 6.07) is -0.0922. The third kappa shape index (κ3) is 7.36. The maximum atomic E-state index is 11.6. The zero-order valence-corrected chi connectivity index (χ0v) is 12.8. The molecular formula is C15H29N3O2. The van der Waals surface area contributed by atoms with Crippen LogP contribution in [0.5, 0.6) is 0 Å². The number of hydrogen-bond acceptors (Lipinski definition) is 2. The van der Waals surface area contributed by atoms with Gasteiger partial charge >= 0.3 is 6.03 Å². The summed E-state index contributed by atoms with van der Waals surface area (Å²) in [7, 11) is 0. The second-order valence-corrected chi connectivity index (χ2v) is 5.77. The van der Waals surface area contributed by atoms with Crippen molar-refractivity contribution in [1.82, 2.24) is 16.0 Å². The molecule has 0 aliphatic heterocycles. The molecule has 0 aromatic rings. The molecule has 5 heteroatoms. The van der Waals surface area contributed by atoms with Crippen LogP contribution in [0.15, 0.2) is 0 Å². The summed E-state index contributed by atoms with van der Waals surface area (Å²) >= 11 is 0. The van der Waals surface area contributed by atoms with Gasteiger partial charge < -0.3 is 16.0 Å². The molecule has 1 rings (SSSR count). The van der Waals surface area contributed by atoms with Gasteiger partial charge in [0.2, 0.25) is 5.91 Å². The van der Waals surface area contributed by atoms with Gasteiger partial charge in [0.25, 0.3) is 0 Å². The first kappa shape index (κ1) is 16.8. The number of carbonyl (C=O) groups is 2. The van der Waals surface area contributed by atoms with E-state index in [1.54, 1.807) is 0 Å². The second kappa shape index (κ2) is 9.61. The van der Waals surface area contributed by atoms with Crippen LogP contribution in [-0.4, -0.2) is 31.6 Å². The number of urea groups is 1. The van der Waals surface area contributed by atoms with Crippen molar-refractivity contribution in [2.45, 2.75) is 52.4 Å². The number of amides is 3. The Hall–Kier alpha value is -1.26. The van der Waals surface area contributed by atoms with Gasteiger partial charge in [0.1, 0.15) is 0 Å². The highest BCUT2D eigenvalue weighted by Crippen LogP contribution is 2.29. The Morgan fingerprint density at radius 3 is 2.15 bits per heavy atom. The minimum absolute atomic E-state index is 0.0304. The van der Waals surface area contributed by atoms with Gasteiger partial charge in [0, 0.05) is 26.6 Å². The van der Waals surface area contributed by atoms with Gasteiger partial charge in [-0.05, 0) is 31.1 Å². The van der Waals surface area contributed by atoms with Gasteiger partial charge in [0.05, 0.1) is 0 Å². The van der Waals surface area contributed by atoms with E-state index in [4.69, 9.17) is 0 Å². The third-order valence-corrected chi connectivity index (χ3v) is 4.11. The molecular weight excluding hydrogens is 254 g/mol. The lowest BCUT2D eigenvalue weighted by Crippen LogP contribution is -2.40. The predicted octanol–water partition coefficient (Wildman–Crippen LogP) is 2.03. The first-order valence-electron chi connectivity index (χ1n) is 7.88. The van der Waals surface area contributed by atoms with Gasteiger partial charge in [0.15, 0.2) is 0 Å². The Morgan fingerprint density at radius 1 is 0.950 bits per heavy atom. The first-order chi connectivity index (χ1) is 9.61. The molecule has 5 nitrogen and oxygen atoms in total. The van der Waals surface area contributed by atoms with E-state index in [2.05, 4.69) is 22.9 Å². The van der Waals surface area contributed by atoms with Crippen LogP contribution in [0.2, 0.25) is 0 Å². The highest BCUT2D eigenvalue weighted by molar-refractivity contribution is 5.74. The Bertz CT molecular complexity index is 299. The fourth-order valence-corrected chi connectivity index (χ4v) is 2.70. The van der Waals surface area contributed by atoms with Crippen molar-refractivity contribution in [2.75, 3.05) is 19.6 Å². The van der Waals surface area contributed by atoms with Crippen LogP contribution in [0, 0.1) is 11.8 Å². The fourth-order valence-electron chi connectivity index (χ4n) is 2.70. The van der Waals surface area contributed by atoms with Crippen molar-refractivity contribution < 1.29 is 9.59 Å². The van der Waals surface area contributed by atoms with Crippen molar-refractivity contribution in [1.29, 1.82) is 0 Å². The molecule has 116 valence electrons. The highest BCUT2D eigenvalue weighted by atomic mass is 16.2. The Balaban J connectivity index is 1.99. The highest BCUT2D eigenvalue weighted by Gasteiger charge is 2.20. The summed E-state index contributed by atoms with van der Waals surface area (Å²) < 4.78 is 0. The Labute approximate surface area is 122 Å². The summed E-state index contributed by atoms with van der Waals surface area (Å²) in [5, 5.41) is 8.46. The van der Waals surface area contributed by atoms with Crippen LogP contribution in [0.4, 0.5) is 4.79 Å². The summed E-state index contributed by atoms with van der Waals surface area (Å²) in [6.45, 7) is 5.74. The third-order valence-electron chi connectivity index (χ3n) is 4.11. The lowest BCUT2D eigenvalue weighted by atomic mass is 9.81. The SMILES string of the molecule is CCC1CCC(CNC(=O)NCCCNC(C)=O)CC1. The molecule has 3 N–H and O–H groups in total. The van der Waals surface area contributed by atoms with E-state index in [9.17, 15) is 9.59 Å². The number of carbonyl (C=O) groups excluding carboxylic acids is 2. The Morgan fingerprint density at radius 2 is 1.55 bits per heavy atom. The molecule has 3 amide bonds. The van der Waals surface area contributed by atoms with Crippen molar-refractivity contribution in [3.05, 3.63) is 0 Å². The van der Waals surface area contributed by atoms with E-state index in [0.29, 0.717) is 19.0 Å². The largest absolute Gasteiger partial charge is 0.356 e. The molecule has 20 heavy (non-hydrogen) atoms. The van der Waals surface area contributed by atoms with Crippen molar-refractivity contribution in [3.63, 3.8) is 0 Å². The molecule has 1 aliphatic rings. The summed E-state index contributed by atoms with van der Waals surface area (Å²) in [5.41, 5.74) is 0. The molecule has 0 aromatic carbocycles. The van der Waals surface area contributed by atoms with Crippen LogP contribution >= 0.6 is 0 Å². The smallest absolute Gasteiger partial charge is 0.314 e. The topological polar surface area (TPSA) is 70.2 Å². The molecule has 0 heterocycles. The normalized spacial score (nSPS) is 22.1. The lowest BCUT2D eigenvalue weighted by molar-refractivity contribution is -0.118. The molecule has 1 fully saturated rings. The van der Waals surface area contributed by atoms with Crippen LogP contribution < -0.4 is 16.0 Å². The van der Waals surface area contributed by atoms with E-state index < -0.39 is 0 Å². The zero-order chi connectivity index (χ0) is 14.8. The van der Waals surface area contributed by atoms with E-state index >= 15 is 0 Å². The molecule has 0 atom stereocenters. The summed E-state index contributed by atoms with van der Waals surface area (Å²) in [5.74, 6) is 1.51. The minimum atomic E-state index is -0.0922. The monoisotopic (exact) mass is 283 g/mol. The van der Waals surface area contributed by atoms with Gasteiger partial charge in [-0.1, -0.05) is 26.2 Å². The minimum Gasteiger partial charge on any atom is -0.356 e. The van der Waals surface area contributed by atoms with Crippen LogP contribution in [-0.2, 0) is 4.79 Å². The van der Waals surface area contributed by atoms with Crippen molar-refractivity contribution in [3.8, 4) is 0 Å². The number of hydrogen-bond donors (Lipinski definition) is 3. The summed E-state index contributed by atoms with van der Waals surface area (Å²) in [6.07, 6.45) is 7.13. The number of rotatable bonds is 7. The van der Waals surface area contributed by atoms with Gasteiger partial charge in [-0.15, -0.1) is 0 Å².